The molecule has 0 radical (unpaired) electrons. The number of para-hydroxylation sites is 2. The lowest BCUT2D eigenvalue weighted by Gasteiger charge is -2.18. The molecule has 5 heteroatoms. The number of amides is 1. The molecule has 0 bridgehead atoms. The zero-order chi connectivity index (χ0) is 14.5. The van der Waals surface area contributed by atoms with Crippen LogP contribution in [0.25, 0.3) is 11.1 Å². The molecule has 1 atom stereocenters. The molecule has 108 valence electrons. The Morgan fingerprint density at radius 2 is 2.05 bits per heavy atom. The molecular formula is C15H20N2O2S. The summed E-state index contributed by atoms with van der Waals surface area (Å²) in [5.41, 5.74) is 1.66. The van der Waals surface area contributed by atoms with E-state index in [9.17, 15) is 4.79 Å². The van der Waals surface area contributed by atoms with E-state index >= 15 is 0 Å². The monoisotopic (exact) mass is 292 g/mol. The lowest BCUT2D eigenvalue weighted by Crippen LogP contribution is -2.32. The molecule has 1 amide bonds. The van der Waals surface area contributed by atoms with E-state index in [4.69, 9.17) is 4.42 Å². The van der Waals surface area contributed by atoms with Crippen LogP contribution in [-0.2, 0) is 4.79 Å². The summed E-state index contributed by atoms with van der Waals surface area (Å²) in [6, 6.07) is 7.71. The Hall–Kier alpha value is -1.49. The van der Waals surface area contributed by atoms with Crippen LogP contribution in [0.3, 0.4) is 0 Å². The third kappa shape index (κ3) is 3.33. The van der Waals surface area contributed by atoms with E-state index in [1.807, 2.05) is 49.9 Å². The minimum atomic E-state index is 0.0712. The van der Waals surface area contributed by atoms with Crippen molar-refractivity contribution in [2.75, 3.05) is 18.8 Å². The second-order valence-electron chi connectivity index (χ2n) is 4.54. The largest absolute Gasteiger partial charge is 0.439 e. The molecular weight excluding hydrogens is 272 g/mol. The number of nitrogens with zero attached hydrogens (tertiary/aromatic N) is 2. The molecule has 20 heavy (non-hydrogen) atoms. The van der Waals surface area contributed by atoms with Gasteiger partial charge in [-0.2, -0.15) is 0 Å². The van der Waals surface area contributed by atoms with Crippen LogP contribution < -0.4 is 0 Å². The number of aromatic nitrogens is 1. The molecule has 0 saturated carbocycles. The molecule has 4 nitrogen and oxygen atoms in total. The molecule has 0 saturated heterocycles. The van der Waals surface area contributed by atoms with E-state index in [2.05, 4.69) is 4.98 Å². The summed E-state index contributed by atoms with van der Waals surface area (Å²) in [5, 5.41) is 0.0712. The van der Waals surface area contributed by atoms with Crippen LogP contribution >= 0.6 is 11.8 Å². The van der Waals surface area contributed by atoms with Crippen molar-refractivity contribution in [2.24, 2.45) is 0 Å². The second kappa shape index (κ2) is 6.79. The highest BCUT2D eigenvalue weighted by Gasteiger charge is 2.17. The smallest absolute Gasteiger partial charge is 0.232 e. The van der Waals surface area contributed by atoms with Crippen LogP contribution in [0, 0.1) is 0 Å². The van der Waals surface area contributed by atoms with E-state index in [-0.39, 0.29) is 11.2 Å². The summed E-state index contributed by atoms with van der Waals surface area (Å²) in [6.07, 6.45) is 0. The lowest BCUT2D eigenvalue weighted by atomic mass is 10.3. The standard InChI is InChI=1S/C15H20N2O2S/c1-4-17(5-2)14(18)10-20-11(3)15-16-12-8-6-7-9-13(12)19-15/h6-9,11H,4-5,10H2,1-3H3. The first-order valence-corrected chi connectivity index (χ1v) is 7.95. The van der Waals surface area contributed by atoms with Gasteiger partial charge in [-0.25, -0.2) is 4.98 Å². The molecule has 1 unspecified atom stereocenters. The number of fused-ring (bicyclic) bond motifs is 1. The van der Waals surface area contributed by atoms with E-state index in [0.717, 1.165) is 24.2 Å². The SMILES string of the molecule is CCN(CC)C(=O)CSC(C)c1nc2ccccc2o1. The number of rotatable bonds is 6. The Morgan fingerprint density at radius 3 is 2.70 bits per heavy atom. The van der Waals surface area contributed by atoms with Crippen molar-refractivity contribution < 1.29 is 9.21 Å². The summed E-state index contributed by atoms with van der Waals surface area (Å²) in [7, 11) is 0. The number of carbonyl (C=O) groups excluding carboxylic acids is 1. The maximum absolute atomic E-state index is 12.0. The van der Waals surface area contributed by atoms with Crippen molar-refractivity contribution in [3.8, 4) is 0 Å². The van der Waals surface area contributed by atoms with Gasteiger partial charge in [0.1, 0.15) is 5.52 Å². The van der Waals surface area contributed by atoms with E-state index in [1.54, 1.807) is 11.8 Å². The number of hydrogen-bond donors (Lipinski definition) is 0. The van der Waals surface area contributed by atoms with Crippen molar-refractivity contribution in [1.29, 1.82) is 0 Å². The Kier molecular flexibility index (Phi) is 5.06. The molecule has 1 heterocycles. The fraction of sp³-hybridized carbons (Fsp3) is 0.467. The molecule has 2 rings (SSSR count). The van der Waals surface area contributed by atoms with Gasteiger partial charge in [-0.05, 0) is 32.9 Å². The van der Waals surface area contributed by atoms with Crippen LogP contribution in [-0.4, -0.2) is 34.6 Å². The normalized spacial score (nSPS) is 12.6. The predicted molar refractivity (Wildman–Crippen MR) is 82.8 cm³/mol. The quantitative estimate of drug-likeness (QED) is 0.817. The van der Waals surface area contributed by atoms with Gasteiger partial charge in [0.05, 0.1) is 11.0 Å². The molecule has 0 spiro atoms. The van der Waals surface area contributed by atoms with Crippen LogP contribution in [0.15, 0.2) is 28.7 Å². The molecule has 0 N–H and O–H groups in total. The van der Waals surface area contributed by atoms with Crippen LogP contribution in [0.5, 0.6) is 0 Å². The fourth-order valence-electron chi connectivity index (χ4n) is 2.00. The lowest BCUT2D eigenvalue weighted by molar-refractivity contribution is -0.127. The number of hydrogen-bond acceptors (Lipinski definition) is 4. The van der Waals surface area contributed by atoms with E-state index in [0.29, 0.717) is 11.6 Å². The number of carbonyl (C=O) groups is 1. The number of benzene rings is 1. The van der Waals surface area contributed by atoms with Gasteiger partial charge in [0.15, 0.2) is 5.58 Å². The summed E-state index contributed by atoms with van der Waals surface area (Å²) in [4.78, 5) is 18.3. The number of oxazole rings is 1. The molecule has 1 aromatic heterocycles. The molecule has 0 aliphatic heterocycles. The molecule has 0 fully saturated rings. The van der Waals surface area contributed by atoms with E-state index in [1.165, 1.54) is 0 Å². The van der Waals surface area contributed by atoms with Crippen LogP contribution in [0.2, 0.25) is 0 Å². The summed E-state index contributed by atoms with van der Waals surface area (Å²) in [5.74, 6) is 1.31. The van der Waals surface area contributed by atoms with Gasteiger partial charge < -0.3 is 9.32 Å². The minimum absolute atomic E-state index is 0.0712. The Balaban J connectivity index is 1.98. The Bertz CT molecular complexity index is 545. The second-order valence-corrected chi connectivity index (χ2v) is 5.87. The van der Waals surface area contributed by atoms with Crippen molar-refractivity contribution in [2.45, 2.75) is 26.0 Å². The van der Waals surface area contributed by atoms with Gasteiger partial charge in [-0.15, -0.1) is 11.8 Å². The minimum Gasteiger partial charge on any atom is -0.439 e. The Labute approximate surface area is 123 Å². The maximum atomic E-state index is 12.0. The van der Waals surface area contributed by atoms with Gasteiger partial charge in [0.25, 0.3) is 0 Å². The molecule has 0 aliphatic carbocycles. The predicted octanol–water partition coefficient (Wildman–Crippen LogP) is 3.49. The van der Waals surface area contributed by atoms with Gasteiger partial charge in [0.2, 0.25) is 11.8 Å². The zero-order valence-electron chi connectivity index (χ0n) is 12.1. The van der Waals surface area contributed by atoms with Gasteiger partial charge in [0, 0.05) is 13.1 Å². The molecule has 1 aromatic carbocycles. The topological polar surface area (TPSA) is 46.3 Å². The Morgan fingerprint density at radius 1 is 1.35 bits per heavy atom. The first-order chi connectivity index (χ1) is 9.65. The average Bonchev–Trinajstić information content (AvgIpc) is 2.90. The highest BCUT2D eigenvalue weighted by molar-refractivity contribution is 8.00. The average molecular weight is 292 g/mol. The summed E-state index contributed by atoms with van der Waals surface area (Å²) < 4.78 is 5.72. The first-order valence-electron chi connectivity index (χ1n) is 6.90. The van der Waals surface area contributed by atoms with E-state index < -0.39 is 0 Å². The van der Waals surface area contributed by atoms with Gasteiger partial charge in [-0.1, -0.05) is 12.1 Å². The first kappa shape index (κ1) is 14.9. The third-order valence-corrected chi connectivity index (χ3v) is 4.35. The van der Waals surface area contributed by atoms with Crippen LogP contribution in [0.1, 0.15) is 31.9 Å². The summed E-state index contributed by atoms with van der Waals surface area (Å²) in [6.45, 7) is 7.53. The highest BCUT2D eigenvalue weighted by Crippen LogP contribution is 2.30. The van der Waals surface area contributed by atoms with Crippen molar-refractivity contribution >= 4 is 28.8 Å². The van der Waals surface area contributed by atoms with Gasteiger partial charge >= 0.3 is 0 Å². The fourth-order valence-corrected chi connectivity index (χ4v) is 2.82. The number of thioether (sulfide) groups is 1. The van der Waals surface area contributed by atoms with Crippen LogP contribution in [0.4, 0.5) is 0 Å². The van der Waals surface area contributed by atoms with Gasteiger partial charge in [-0.3, -0.25) is 4.79 Å². The van der Waals surface area contributed by atoms with Crippen molar-refractivity contribution in [3.63, 3.8) is 0 Å². The highest BCUT2D eigenvalue weighted by atomic mass is 32.2. The molecule has 0 aliphatic rings. The van der Waals surface area contributed by atoms with Crippen molar-refractivity contribution in [3.05, 3.63) is 30.2 Å². The van der Waals surface area contributed by atoms with Crippen molar-refractivity contribution in [1.82, 2.24) is 9.88 Å². The molecule has 2 aromatic rings. The zero-order valence-corrected chi connectivity index (χ0v) is 12.9. The maximum Gasteiger partial charge on any atom is 0.232 e. The third-order valence-electron chi connectivity index (χ3n) is 3.23. The summed E-state index contributed by atoms with van der Waals surface area (Å²) >= 11 is 1.56.